The first-order chi connectivity index (χ1) is 9.88. The van der Waals surface area contributed by atoms with Crippen LogP contribution in [0.4, 0.5) is 0 Å². The second kappa shape index (κ2) is 6.58. The summed E-state index contributed by atoms with van der Waals surface area (Å²) in [5.74, 6) is 0.126. The van der Waals surface area contributed by atoms with Crippen LogP contribution in [-0.2, 0) is 14.6 Å². The van der Waals surface area contributed by atoms with Crippen molar-refractivity contribution in [3.8, 4) is 0 Å². The van der Waals surface area contributed by atoms with Crippen molar-refractivity contribution in [1.82, 2.24) is 10.2 Å². The number of nitrogens with zero attached hydrogens (tertiary/aromatic N) is 1. The first-order valence-electron chi connectivity index (χ1n) is 7.17. The Labute approximate surface area is 126 Å². The third-order valence-electron chi connectivity index (χ3n) is 3.76. The summed E-state index contributed by atoms with van der Waals surface area (Å²) in [6.45, 7) is 6.08. The molecule has 0 aliphatic carbocycles. The van der Waals surface area contributed by atoms with Gasteiger partial charge in [-0.1, -0.05) is 12.1 Å². The molecule has 1 aliphatic rings. The minimum atomic E-state index is -3.29. The van der Waals surface area contributed by atoms with Crippen LogP contribution in [0.15, 0.2) is 23.1 Å². The quantitative estimate of drug-likeness (QED) is 0.897. The molecule has 1 aromatic rings. The Bertz CT molecular complexity index is 626. The van der Waals surface area contributed by atoms with Crippen molar-refractivity contribution in [2.75, 3.05) is 31.9 Å². The number of aryl methyl sites for hydroxylation is 2. The third kappa shape index (κ3) is 4.28. The van der Waals surface area contributed by atoms with Crippen molar-refractivity contribution >= 4 is 15.7 Å². The molecule has 1 heterocycles. The van der Waals surface area contributed by atoms with E-state index < -0.39 is 9.84 Å². The van der Waals surface area contributed by atoms with Crippen molar-refractivity contribution in [3.05, 3.63) is 29.3 Å². The summed E-state index contributed by atoms with van der Waals surface area (Å²) in [7, 11) is -3.29. The molecule has 1 fully saturated rings. The highest BCUT2D eigenvalue weighted by Gasteiger charge is 2.20. The van der Waals surface area contributed by atoms with E-state index in [1.807, 2.05) is 30.9 Å². The summed E-state index contributed by atoms with van der Waals surface area (Å²) < 4.78 is 25.0. The van der Waals surface area contributed by atoms with Gasteiger partial charge < -0.3 is 10.2 Å². The smallest absolute Gasteiger partial charge is 0.221 e. The van der Waals surface area contributed by atoms with Gasteiger partial charge in [0, 0.05) is 32.6 Å². The summed E-state index contributed by atoms with van der Waals surface area (Å²) in [6, 6.07) is 5.50. The zero-order valence-electron chi connectivity index (χ0n) is 12.6. The Kier molecular flexibility index (Phi) is 5.00. The minimum absolute atomic E-state index is 0.0369. The van der Waals surface area contributed by atoms with Crippen LogP contribution < -0.4 is 5.32 Å². The predicted molar refractivity (Wildman–Crippen MR) is 82.0 cm³/mol. The summed E-state index contributed by atoms with van der Waals surface area (Å²) >= 11 is 0. The number of nitrogens with one attached hydrogen (secondary N) is 1. The third-order valence-corrected chi connectivity index (χ3v) is 5.59. The van der Waals surface area contributed by atoms with E-state index in [9.17, 15) is 13.2 Å². The van der Waals surface area contributed by atoms with Crippen LogP contribution in [0.3, 0.4) is 0 Å². The fourth-order valence-electron chi connectivity index (χ4n) is 2.44. The molecule has 1 aliphatic heterocycles. The summed E-state index contributed by atoms with van der Waals surface area (Å²) in [4.78, 5) is 13.7. The molecule has 1 aromatic carbocycles. The highest BCUT2D eigenvalue weighted by Crippen LogP contribution is 2.18. The van der Waals surface area contributed by atoms with Gasteiger partial charge in [0.25, 0.3) is 0 Å². The van der Waals surface area contributed by atoms with Gasteiger partial charge in [-0.05, 0) is 31.0 Å². The molecule has 21 heavy (non-hydrogen) atoms. The highest BCUT2D eigenvalue weighted by molar-refractivity contribution is 7.91. The van der Waals surface area contributed by atoms with E-state index in [-0.39, 0.29) is 11.7 Å². The van der Waals surface area contributed by atoms with Gasteiger partial charge in [0.1, 0.15) is 0 Å². The number of carbonyl (C=O) groups excluding carboxylic acids is 1. The van der Waals surface area contributed by atoms with Crippen molar-refractivity contribution < 1.29 is 13.2 Å². The van der Waals surface area contributed by atoms with E-state index in [1.165, 1.54) is 0 Å². The number of sulfone groups is 1. The Balaban J connectivity index is 2.04. The zero-order valence-corrected chi connectivity index (χ0v) is 13.4. The zero-order chi connectivity index (χ0) is 15.5. The molecule has 2 rings (SSSR count). The van der Waals surface area contributed by atoms with Crippen molar-refractivity contribution in [2.24, 2.45) is 0 Å². The topological polar surface area (TPSA) is 66.5 Å². The van der Waals surface area contributed by atoms with Gasteiger partial charge in [0.05, 0.1) is 10.6 Å². The number of benzene rings is 1. The van der Waals surface area contributed by atoms with Crippen LogP contribution in [0.2, 0.25) is 0 Å². The second-order valence-corrected chi connectivity index (χ2v) is 7.61. The maximum atomic E-state index is 12.5. The molecule has 0 aromatic heterocycles. The number of rotatable bonds is 4. The molecular weight excluding hydrogens is 288 g/mol. The van der Waals surface area contributed by atoms with Gasteiger partial charge in [-0.3, -0.25) is 4.79 Å². The monoisotopic (exact) mass is 310 g/mol. The van der Waals surface area contributed by atoms with Crippen LogP contribution in [0.5, 0.6) is 0 Å². The van der Waals surface area contributed by atoms with Crippen LogP contribution in [0, 0.1) is 13.8 Å². The van der Waals surface area contributed by atoms with E-state index in [2.05, 4.69) is 5.32 Å². The molecule has 0 spiro atoms. The molecule has 1 N–H and O–H groups in total. The van der Waals surface area contributed by atoms with Crippen LogP contribution >= 0.6 is 0 Å². The predicted octanol–water partition coefficient (Wildman–Crippen LogP) is 0.899. The standard InChI is InChI=1S/C15H22N2O3S/c1-12-3-4-13(2)14(11-12)21(19,20)10-9-17-7-5-15(18)16-6-8-17/h3-4,11H,5-10H2,1-2H3,(H,16,18). The van der Waals surface area contributed by atoms with Gasteiger partial charge in [0.15, 0.2) is 9.84 Å². The minimum Gasteiger partial charge on any atom is -0.355 e. The van der Waals surface area contributed by atoms with Crippen molar-refractivity contribution in [3.63, 3.8) is 0 Å². The fraction of sp³-hybridized carbons (Fsp3) is 0.533. The largest absolute Gasteiger partial charge is 0.355 e. The fourth-order valence-corrected chi connectivity index (χ4v) is 4.08. The second-order valence-electron chi connectivity index (χ2n) is 5.53. The number of amides is 1. The molecule has 6 heteroatoms. The van der Waals surface area contributed by atoms with Gasteiger partial charge in [0.2, 0.25) is 5.91 Å². The maximum Gasteiger partial charge on any atom is 0.221 e. The van der Waals surface area contributed by atoms with E-state index >= 15 is 0 Å². The number of hydrogen-bond acceptors (Lipinski definition) is 4. The van der Waals surface area contributed by atoms with E-state index in [1.54, 1.807) is 6.07 Å². The molecule has 0 saturated carbocycles. The lowest BCUT2D eigenvalue weighted by atomic mass is 10.2. The summed E-state index contributed by atoms with van der Waals surface area (Å²) in [6.07, 6.45) is 0.434. The lowest BCUT2D eigenvalue weighted by Crippen LogP contribution is -2.32. The normalized spacial score (nSPS) is 17.3. The van der Waals surface area contributed by atoms with E-state index in [0.29, 0.717) is 37.5 Å². The number of hydrogen-bond donors (Lipinski definition) is 1. The molecule has 116 valence electrons. The Morgan fingerprint density at radius 2 is 2.00 bits per heavy atom. The number of carbonyl (C=O) groups is 1. The lowest BCUT2D eigenvalue weighted by Gasteiger charge is -2.19. The van der Waals surface area contributed by atoms with E-state index in [0.717, 1.165) is 11.1 Å². The van der Waals surface area contributed by atoms with Crippen LogP contribution in [-0.4, -0.2) is 51.2 Å². The molecule has 0 radical (unpaired) electrons. The van der Waals surface area contributed by atoms with Crippen LogP contribution in [0.25, 0.3) is 0 Å². The Morgan fingerprint density at radius 3 is 2.76 bits per heavy atom. The lowest BCUT2D eigenvalue weighted by molar-refractivity contribution is -0.120. The average Bonchev–Trinajstić information content (AvgIpc) is 2.64. The summed E-state index contributed by atoms with van der Waals surface area (Å²) in [5, 5.41) is 2.79. The van der Waals surface area contributed by atoms with Gasteiger partial charge in [-0.25, -0.2) is 8.42 Å². The molecule has 0 bridgehead atoms. The van der Waals surface area contributed by atoms with Gasteiger partial charge in [-0.15, -0.1) is 0 Å². The summed E-state index contributed by atoms with van der Waals surface area (Å²) in [5.41, 5.74) is 1.73. The van der Waals surface area contributed by atoms with Crippen LogP contribution in [0.1, 0.15) is 17.5 Å². The SMILES string of the molecule is Cc1ccc(C)c(S(=O)(=O)CCN2CCNC(=O)CC2)c1. The maximum absolute atomic E-state index is 12.5. The Hall–Kier alpha value is -1.40. The molecule has 1 saturated heterocycles. The molecule has 5 nitrogen and oxygen atoms in total. The van der Waals surface area contributed by atoms with Gasteiger partial charge >= 0.3 is 0 Å². The van der Waals surface area contributed by atoms with Gasteiger partial charge in [-0.2, -0.15) is 0 Å². The van der Waals surface area contributed by atoms with E-state index in [4.69, 9.17) is 0 Å². The van der Waals surface area contributed by atoms with Crippen molar-refractivity contribution in [2.45, 2.75) is 25.2 Å². The Morgan fingerprint density at radius 1 is 1.24 bits per heavy atom. The molecule has 0 unspecified atom stereocenters. The molecular formula is C15H22N2O3S. The molecule has 1 amide bonds. The molecule has 0 atom stereocenters. The first kappa shape index (κ1) is 16.0. The highest BCUT2D eigenvalue weighted by atomic mass is 32.2. The average molecular weight is 310 g/mol. The first-order valence-corrected chi connectivity index (χ1v) is 8.83. The van der Waals surface area contributed by atoms with Crippen molar-refractivity contribution in [1.29, 1.82) is 0 Å².